The van der Waals surface area contributed by atoms with E-state index < -0.39 is 5.92 Å². The molecule has 4 rings (SSSR count). The number of halogens is 2. The Labute approximate surface area is 211 Å². The number of nitrogens with one attached hydrogen (secondary N) is 1. The summed E-state index contributed by atoms with van der Waals surface area (Å²) in [5.74, 6) is 0.719. The fourth-order valence-corrected chi connectivity index (χ4v) is 4.17. The first kappa shape index (κ1) is 27.5. The van der Waals surface area contributed by atoms with Gasteiger partial charge < -0.3 is 24.5 Å². The van der Waals surface area contributed by atoms with Crippen LogP contribution in [0.3, 0.4) is 0 Å². The summed E-state index contributed by atoms with van der Waals surface area (Å²) >= 11 is 0. The van der Waals surface area contributed by atoms with Crippen molar-refractivity contribution in [2.24, 2.45) is 5.73 Å². The molecule has 7 nitrogen and oxygen atoms in total. The number of rotatable bonds is 8. The molecule has 1 saturated heterocycles. The van der Waals surface area contributed by atoms with E-state index in [2.05, 4.69) is 11.9 Å². The lowest BCUT2D eigenvalue weighted by atomic mass is 9.93. The Morgan fingerprint density at radius 2 is 1.97 bits per heavy atom. The summed E-state index contributed by atoms with van der Waals surface area (Å²) in [4.78, 5) is 15.1. The number of nitrogens with two attached hydrogens (primary N) is 1. The Morgan fingerprint density at radius 1 is 1.24 bits per heavy atom. The first-order valence-corrected chi connectivity index (χ1v) is 10.9. The minimum atomic E-state index is -0.497. The van der Waals surface area contributed by atoms with Crippen molar-refractivity contribution in [1.82, 2.24) is 4.90 Å². The largest absolute Gasteiger partial charge is 0.489 e. The number of nitrogen functional groups attached to an aromatic ring is 1. The van der Waals surface area contributed by atoms with E-state index in [0.717, 1.165) is 41.6 Å². The van der Waals surface area contributed by atoms with E-state index in [1.54, 1.807) is 19.3 Å². The van der Waals surface area contributed by atoms with Crippen molar-refractivity contribution in [2.45, 2.75) is 31.8 Å². The van der Waals surface area contributed by atoms with Gasteiger partial charge in [-0.1, -0.05) is 24.3 Å². The summed E-state index contributed by atoms with van der Waals surface area (Å²) < 4.78 is 17.2. The fraction of sp³-hybridized carbons (Fsp3) is 0.360. The van der Waals surface area contributed by atoms with E-state index in [-0.39, 0.29) is 42.7 Å². The molecule has 1 aliphatic heterocycles. The van der Waals surface area contributed by atoms with Gasteiger partial charge in [0, 0.05) is 35.8 Å². The first-order chi connectivity index (χ1) is 15.4. The number of likely N-dealkylation sites (N-methyl/N-ethyl adjacent to an activating group) is 1. The zero-order valence-electron chi connectivity index (χ0n) is 19.3. The maximum atomic E-state index is 12.8. The molecule has 0 amide bonds. The molecular weight excluding hydrogens is 477 g/mol. The number of amidine groups is 1. The maximum absolute atomic E-state index is 12.8. The van der Waals surface area contributed by atoms with Gasteiger partial charge in [-0.15, -0.1) is 24.8 Å². The smallest absolute Gasteiger partial charge is 0.313 e. The van der Waals surface area contributed by atoms with E-state index >= 15 is 0 Å². The van der Waals surface area contributed by atoms with E-state index in [4.69, 9.17) is 25.0 Å². The lowest BCUT2D eigenvalue weighted by Crippen LogP contribution is -2.21. The molecule has 9 heteroatoms. The zero-order valence-corrected chi connectivity index (χ0v) is 20.9. The molecule has 2 atom stereocenters. The van der Waals surface area contributed by atoms with Crippen molar-refractivity contribution in [1.29, 1.82) is 5.41 Å². The van der Waals surface area contributed by atoms with Crippen LogP contribution in [0.4, 0.5) is 0 Å². The van der Waals surface area contributed by atoms with Gasteiger partial charge in [0.25, 0.3) is 0 Å². The van der Waals surface area contributed by atoms with E-state index in [1.807, 2.05) is 36.4 Å². The third-order valence-electron chi connectivity index (χ3n) is 5.89. The highest BCUT2D eigenvalue weighted by Gasteiger charge is 2.26. The van der Waals surface area contributed by atoms with Crippen molar-refractivity contribution in [2.75, 3.05) is 26.7 Å². The number of ether oxygens (including phenoxy) is 2. The maximum Gasteiger partial charge on any atom is 0.313 e. The molecule has 0 aliphatic carbocycles. The third-order valence-corrected chi connectivity index (χ3v) is 5.89. The average molecular weight is 508 g/mol. The fourth-order valence-electron chi connectivity index (χ4n) is 4.17. The molecule has 0 saturated carbocycles. The van der Waals surface area contributed by atoms with Crippen LogP contribution in [0.2, 0.25) is 0 Å². The molecule has 3 N–H and O–H groups in total. The van der Waals surface area contributed by atoms with Crippen LogP contribution >= 0.6 is 24.8 Å². The number of carbonyl (C=O) groups is 1. The van der Waals surface area contributed by atoms with Crippen molar-refractivity contribution < 1.29 is 18.7 Å². The molecule has 3 aromatic rings. The summed E-state index contributed by atoms with van der Waals surface area (Å²) in [5.41, 5.74) is 7.08. The van der Waals surface area contributed by atoms with Crippen LogP contribution in [0.25, 0.3) is 10.8 Å². The summed E-state index contributed by atoms with van der Waals surface area (Å²) in [6, 6.07) is 13.2. The van der Waals surface area contributed by atoms with Crippen molar-refractivity contribution in [3.63, 3.8) is 0 Å². The zero-order chi connectivity index (χ0) is 22.7. The van der Waals surface area contributed by atoms with Gasteiger partial charge in [0.05, 0.1) is 18.8 Å². The number of hydrogen-bond donors (Lipinski definition) is 2. The van der Waals surface area contributed by atoms with Crippen LogP contribution in [0, 0.1) is 5.41 Å². The predicted molar refractivity (Wildman–Crippen MR) is 138 cm³/mol. The van der Waals surface area contributed by atoms with Crippen LogP contribution in [-0.2, 0) is 16.0 Å². The molecule has 0 bridgehead atoms. The Kier molecular flexibility index (Phi) is 9.79. The number of benzene rings is 2. The van der Waals surface area contributed by atoms with E-state index in [9.17, 15) is 4.79 Å². The minimum absolute atomic E-state index is 0. The molecule has 1 aliphatic rings. The van der Waals surface area contributed by atoms with Gasteiger partial charge in [0.1, 0.15) is 23.4 Å². The number of fused-ring (bicyclic) bond motifs is 1. The van der Waals surface area contributed by atoms with Crippen LogP contribution in [0.1, 0.15) is 36.1 Å². The second-order valence-electron chi connectivity index (χ2n) is 8.24. The van der Waals surface area contributed by atoms with Crippen LogP contribution < -0.4 is 10.5 Å². The number of likely N-dealkylation sites (tertiary alicyclic amines) is 1. The Balaban J connectivity index is 0.00000204. The summed E-state index contributed by atoms with van der Waals surface area (Å²) in [7, 11) is 2.09. The Hall–Kier alpha value is -2.74. The van der Waals surface area contributed by atoms with E-state index in [0.29, 0.717) is 24.4 Å². The number of furan rings is 1. The summed E-state index contributed by atoms with van der Waals surface area (Å²) in [5, 5.41) is 9.36. The second kappa shape index (κ2) is 12.1. The van der Waals surface area contributed by atoms with Gasteiger partial charge in [-0.2, -0.15) is 0 Å². The monoisotopic (exact) mass is 507 g/mol. The van der Waals surface area contributed by atoms with Crippen LogP contribution in [-0.4, -0.2) is 49.6 Å². The number of hydrogen-bond acceptors (Lipinski definition) is 6. The Bertz CT molecular complexity index is 1120. The molecule has 2 heterocycles. The summed E-state index contributed by atoms with van der Waals surface area (Å²) in [6.07, 6.45) is 3.21. The number of nitrogens with zero attached hydrogens (tertiary/aromatic N) is 1. The van der Waals surface area contributed by atoms with Crippen molar-refractivity contribution in [3.8, 4) is 5.75 Å². The molecular formula is C25H31Cl2N3O4. The normalized spacial score (nSPS) is 16.4. The first-order valence-electron chi connectivity index (χ1n) is 10.9. The SMILES string of the molecule is CCOC(=O)C(Cc1occ2cc(C(=N)N)ccc12)c1ccc(O[C@H]2CCN(C)C2)cc1.Cl.Cl. The third kappa shape index (κ3) is 6.23. The highest BCUT2D eigenvalue weighted by Crippen LogP contribution is 2.30. The molecule has 2 aromatic carbocycles. The van der Waals surface area contributed by atoms with E-state index in [1.165, 1.54) is 0 Å². The number of esters is 1. The number of carbonyl (C=O) groups excluding carboxylic acids is 1. The molecule has 0 spiro atoms. The van der Waals surface area contributed by atoms with Gasteiger partial charge in [-0.05, 0) is 44.2 Å². The lowest BCUT2D eigenvalue weighted by Gasteiger charge is -2.17. The van der Waals surface area contributed by atoms with Crippen molar-refractivity contribution >= 4 is 47.4 Å². The van der Waals surface area contributed by atoms with Crippen LogP contribution in [0.15, 0.2) is 53.1 Å². The quantitative estimate of drug-likeness (QED) is 0.263. The van der Waals surface area contributed by atoms with Gasteiger partial charge in [-0.3, -0.25) is 10.2 Å². The Morgan fingerprint density at radius 3 is 2.59 bits per heavy atom. The topological polar surface area (TPSA) is 102 Å². The lowest BCUT2D eigenvalue weighted by molar-refractivity contribution is -0.145. The highest BCUT2D eigenvalue weighted by molar-refractivity contribution is 5.99. The molecule has 184 valence electrons. The molecule has 1 fully saturated rings. The molecule has 1 aromatic heterocycles. The van der Waals surface area contributed by atoms with Crippen molar-refractivity contribution in [3.05, 3.63) is 65.6 Å². The van der Waals surface area contributed by atoms with Gasteiger partial charge in [-0.25, -0.2) is 0 Å². The summed E-state index contributed by atoms with van der Waals surface area (Å²) in [6.45, 7) is 4.07. The van der Waals surface area contributed by atoms with Gasteiger partial charge in [0.15, 0.2) is 0 Å². The highest BCUT2D eigenvalue weighted by atomic mass is 35.5. The second-order valence-corrected chi connectivity index (χ2v) is 8.24. The van der Waals surface area contributed by atoms with Gasteiger partial charge in [0.2, 0.25) is 0 Å². The minimum Gasteiger partial charge on any atom is -0.489 e. The molecule has 0 radical (unpaired) electrons. The molecule has 34 heavy (non-hydrogen) atoms. The van der Waals surface area contributed by atoms with Crippen LogP contribution in [0.5, 0.6) is 5.75 Å². The standard InChI is InChI=1S/C25H29N3O4.2ClH/c1-3-30-25(29)22(13-23-21-9-6-17(24(26)27)12-18(21)15-31-23)16-4-7-19(8-5-16)32-20-10-11-28(2)14-20;;/h4-9,12,15,20,22H,3,10-11,13-14H2,1-2H3,(H3,26,27);2*1H/t20-,22?;;/m0../s1. The predicted octanol–water partition coefficient (Wildman–Crippen LogP) is 4.53. The molecule has 1 unspecified atom stereocenters. The average Bonchev–Trinajstić information content (AvgIpc) is 3.38. The van der Waals surface area contributed by atoms with Gasteiger partial charge >= 0.3 is 5.97 Å².